The zero-order valence-corrected chi connectivity index (χ0v) is 8.69. The SMILES string of the molecule is Cc1cc2c(Cl)ccc(F)c2nc1C. The Morgan fingerprint density at radius 2 is 2.00 bits per heavy atom. The first-order chi connectivity index (χ1) is 6.59. The largest absolute Gasteiger partial charge is 0.250 e. The Morgan fingerprint density at radius 1 is 1.29 bits per heavy atom. The van der Waals surface area contributed by atoms with E-state index >= 15 is 0 Å². The van der Waals surface area contributed by atoms with E-state index in [2.05, 4.69) is 4.98 Å². The molecule has 0 bridgehead atoms. The van der Waals surface area contributed by atoms with Gasteiger partial charge in [0.1, 0.15) is 11.3 Å². The fraction of sp³-hybridized carbons (Fsp3) is 0.182. The van der Waals surface area contributed by atoms with E-state index in [0.717, 1.165) is 11.3 Å². The van der Waals surface area contributed by atoms with Crippen molar-refractivity contribution < 1.29 is 4.39 Å². The number of hydrogen-bond donors (Lipinski definition) is 0. The lowest BCUT2D eigenvalue weighted by Gasteiger charge is -2.05. The highest BCUT2D eigenvalue weighted by molar-refractivity contribution is 6.35. The van der Waals surface area contributed by atoms with E-state index < -0.39 is 0 Å². The smallest absolute Gasteiger partial charge is 0.149 e. The molecule has 0 fully saturated rings. The van der Waals surface area contributed by atoms with Crippen molar-refractivity contribution in [2.45, 2.75) is 13.8 Å². The maximum Gasteiger partial charge on any atom is 0.149 e. The van der Waals surface area contributed by atoms with Gasteiger partial charge in [0.2, 0.25) is 0 Å². The molecular formula is C11H9ClFN. The minimum Gasteiger partial charge on any atom is -0.250 e. The molecule has 0 aliphatic rings. The van der Waals surface area contributed by atoms with Gasteiger partial charge in [-0.15, -0.1) is 0 Å². The molecule has 0 saturated carbocycles. The fourth-order valence-corrected chi connectivity index (χ4v) is 1.59. The molecule has 1 aromatic heterocycles. The maximum atomic E-state index is 13.4. The van der Waals surface area contributed by atoms with E-state index in [1.54, 1.807) is 6.07 Å². The standard InChI is InChI=1S/C11H9ClFN/c1-6-5-8-9(12)3-4-10(13)11(8)14-7(6)2/h3-5H,1-2H3. The van der Waals surface area contributed by atoms with Crippen molar-refractivity contribution in [3.8, 4) is 0 Å². The van der Waals surface area contributed by atoms with E-state index in [4.69, 9.17) is 11.6 Å². The highest BCUT2D eigenvalue weighted by atomic mass is 35.5. The fourth-order valence-electron chi connectivity index (χ4n) is 1.38. The lowest BCUT2D eigenvalue weighted by Crippen LogP contribution is -1.91. The van der Waals surface area contributed by atoms with Gasteiger partial charge in [0, 0.05) is 11.1 Å². The van der Waals surface area contributed by atoms with Gasteiger partial charge in [0.05, 0.1) is 5.02 Å². The van der Waals surface area contributed by atoms with Crippen molar-refractivity contribution in [2.75, 3.05) is 0 Å². The van der Waals surface area contributed by atoms with Crippen LogP contribution in [0.3, 0.4) is 0 Å². The van der Waals surface area contributed by atoms with Crippen molar-refractivity contribution in [3.63, 3.8) is 0 Å². The Bertz CT molecular complexity index is 462. The van der Waals surface area contributed by atoms with Crippen molar-refractivity contribution in [1.29, 1.82) is 0 Å². The minimum absolute atomic E-state index is 0.326. The molecule has 2 rings (SSSR count). The van der Waals surface area contributed by atoms with Gasteiger partial charge in [0.25, 0.3) is 0 Å². The minimum atomic E-state index is -0.326. The molecule has 0 amide bonds. The average molecular weight is 210 g/mol. The quantitative estimate of drug-likeness (QED) is 0.646. The predicted molar refractivity (Wildman–Crippen MR) is 56.2 cm³/mol. The number of benzene rings is 1. The Kier molecular flexibility index (Phi) is 2.16. The number of rotatable bonds is 0. The molecule has 1 nitrogen and oxygen atoms in total. The summed E-state index contributed by atoms with van der Waals surface area (Å²) in [5.74, 6) is -0.326. The van der Waals surface area contributed by atoms with Crippen LogP contribution in [0.2, 0.25) is 5.02 Å². The molecule has 0 radical (unpaired) electrons. The molecule has 72 valence electrons. The molecule has 0 N–H and O–H groups in total. The summed E-state index contributed by atoms with van der Waals surface area (Å²) in [5, 5.41) is 1.21. The Labute approximate surface area is 86.5 Å². The van der Waals surface area contributed by atoms with Crippen LogP contribution in [0, 0.1) is 19.7 Å². The van der Waals surface area contributed by atoms with Gasteiger partial charge in [-0.1, -0.05) is 11.6 Å². The molecule has 1 heterocycles. The number of aromatic nitrogens is 1. The topological polar surface area (TPSA) is 12.9 Å². The van der Waals surface area contributed by atoms with E-state index in [9.17, 15) is 4.39 Å². The van der Waals surface area contributed by atoms with Gasteiger partial charge >= 0.3 is 0 Å². The normalized spacial score (nSPS) is 10.9. The number of hydrogen-bond acceptors (Lipinski definition) is 1. The first kappa shape index (κ1) is 9.41. The Hall–Kier alpha value is -1.15. The van der Waals surface area contributed by atoms with E-state index in [0.29, 0.717) is 15.9 Å². The van der Waals surface area contributed by atoms with Crippen LogP contribution in [0.25, 0.3) is 10.9 Å². The van der Waals surface area contributed by atoms with Gasteiger partial charge in [0.15, 0.2) is 0 Å². The third-order valence-corrected chi connectivity index (χ3v) is 2.66. The number of nitrogens with zero attached hydrogens (tertiary/aromatic N) is 1. The van der Waals surface area contributed by atoms with Gasteiger partial charge < -0.3 is 0 Å². The van der Waals surface area contributed by atoms with Gasteiger partial charge in [-0.3, -0.25) is 0 Å². The monoisotopic (exact) mass is 209 g/mol. The van der Waals surface area contributed by atoms with Crippen LogP contribution in [0.15, 0.2) is 18.2 Å². The van der Waals surface area contributed by atoms with Crippen LogP contribution < -0.4 is 0 Å². The van der Waals surface area contributed by atoms with Gasteiger partial charge in [-0.2, -0.15) is 0 Å². The van der Waals surface area contributed by atoms with Gasteiger partial charge in [-0.05, 0) is 37.6 Å². The van der Waals surface area contributed by atoms with Crippen LogP contribution in [-0.2, 0) is 0 Å². The molecule has 14 heavy (non-hydrogen) atoms. The molecule has 2 aromatic rings. The average Bonchev–Trinajstić information content (AvgIpc) is 2.15. The Morgan fingerprint density at radius 3 is 2.71 bits per heavy atom. The summed E-state index contributed by atoms with van der Waals surface area (Å²) < 4.78 is 13.4. The second kappa shape index (κ2) is 3.21. The summed E-state index contributed by atoms with van der Waals surface area (Å²) in [5.41, 5.74) is 2.20. The molecule has 0 unspecified atom stereocenters. The van der Waals surface area contributed by atoms with E-state index in [1.807, 2.05) is 19.9 Å². The van der Waals surface area contributed by atoms with E-state index in [1.165, 1.54) is 6.07 Å². The van der Waals surface area contributed by atoms with Crippen molar-refractivity contribution in [1.82, 2.24) is 4.98 Å². The van der Waals surface area contributed by atoms with Crippen LogP contribution in [0.4, 0.5) is 4.39 Å². The second-order valence-corrected chi connectivity index (χ2v) is 3.72. The molecule has 3 heteroatoms. The lowest BCUT2D eigenvalue weighted by atomic mass is 10.1. The zero-order valence-electron chi connectivity index (χ0n) is 7.94. The predicted octanol–water partition coefficient (Wildman–Crippen LogP) is 3.64. The van der Waals surface area contributed by atoms with Crippen LogP contribution >= 0.6 is 11.6 Å². The zero-order chi connectivity index (χ0) is 10.3. The van der Waals surface area contributed by atoms with Crippen molar-refractivity contribution in [3.05, 3.63) is 40.3 Å². The molecule has 1 aromatic carbocycles. The first-order valence-electron chi connectivity index (χ1n) is 4.31. The van der Waals surface area contributed by atoms with Crippen LogP contribution in [0.1, 0.15) is 11.3 Å². The third kappa shape index (κ3) is 1.36. The lowest BCUT2D eigenvalue weighted by molar-refractivity contribution is 0.636. The van der Waals surface area contributed by atoms with Crippen LogP contribution in [-0.4, -0.2) is 4.98 Å². The van der Waals surface area contributed by atoms with Crippen molar-refractivity contribution >= 4 is 22.5 Å². The van der Waals surface area contributed by atoms with Crippen LogP contribution in [0.5, 0.6) is 0 Å². The number of halogens is 2. The summed E-state index contributed by atoms with van der Waals surface area (Å²) in [6.07, 6.45) is 0. The summed E-state index contributed by atoms with van der Waals surface area (Å²) in [7, 11) is 0. The first-order valence-corrected chi connectivity index (χ1v) is 4.69. The maximum absolute atomic E-state index is 13.4. The summed E-state index contributed by atoms with van der Waals surface area (Å²) in [4.78, 5) is 4.18. The Balaban J connectivity index is 2.94. The van der Waals surface area contributed by atoms with Crippen molar-refractivity contribution in [2.24, 2.45) is 0 Å². The summed E-state index contributed by atoms with van der Waals surface area (Å²) >= 11 is 5.95. The third-order valence-electron chi connectivity index (χ3n) is 2.33. The molecular weight excluding hydrogens is 201 g/mol. The molecule has 0 spiro atoms. The summed E-state index contributed by atoms with van der Waals surface area (Å²) in [6.45, 7) is 3.79. The number of aryl methyl sites for hydroxylation is 2. The summed E-state index contributed by atoms with van der Waals surface area (Å²) in [6, 6.07) is 4.76. The molecule has 0 aliphatic carbocycles. The second-order valence-electron chi connectivity index (χ2n) is 3.32. The van der Waals surface area contributed by atoms with E-state index in [-0.39, 0.29) is 5.82 Å². The molecule has 0 aliphatic heterocycles. The molecule has 0 atom stereocenters. The highest BCUT2D eigenvalue weighted by Gasteiger charge is 2.07. The number of pyridine rings is 1. The highest BCUT2D eigenvalue weighted by Crippen LogP contribution is 2.25. The van der Waals surface area contributed by atoms with Gasteiger partial charge in [-0.25, -0.2) is 9.37 Å². The molecule has 0 saturated heterocycles. The number of fused-ring (bicyclic) bond motifs is 1.